The van der Waals surface area contributed by atoms with Crippen LogP contribution in [0.3, 0.4) is 0 Å². The van der Waals surface area contributed by atoms with Crippen molar-refractivity contribution in [2.75, 3.05) is 14.1 Å². The summed E-state index contributed by atoms with van der Waals surface area (Å²) in [5, 5.41) is 9.97. The Hall–Kier alpha value is -3.00. The molecule has 1 aliphatic heterocycles. The van der Waals surface area contributed by atoms with E-state index in [2.05, 4.69) is 0 Å². The fourth-order valence-electron chi connectivity index (χ4n) is 2.80. The molecule has 1 fully saturated rings. The molecule has 1 N–H and O–H groups in total. The number of carboxylic acids is 1. The second kappa shape index (κ2) is 6.14. The molecule has 7 nitrogen and oxygen atoms in total. The molecule has 2 amide bonds. The molecule has 1 aromatic carbocycles. The van der Waals surface area contributed by atoms with Gasteiger partial charge < -0.3 is 9.67 Å². The number of carbonyl (C=O) groups excluding carboxylic acids is 2. The van der Waals surface area contributed by atoms with Crippen molar-refractivity contribution >= 4 is 52.1 Å². The largest absolute Gasteiger partial charge is 0.480 e. The molecule has 1 aliphatic rings. The molecule has 0 unspecified atom stereocenters. The number of amides is 2. The third kappa shape index (κ3) is 2.80. The Morgan fingerprint density at radius 2 is 1.76 bits per heavy atom. The Kier molecular flexibility index (Phi) is 4.13. The minimum absolute atomic E-state index is 0.0168. The van der Waals surface area contributed by atoms with Gasteiger partial charge in [-0.15, -0.1) is 0 Å². The zero-order chi connectivity index (χ0) is 18.3. The van der Waals surface area contributed by atoms with Crippen molar-refractivity contribution in [1.82, 2.24) is 14.4 Å². The van der Waals surface area contributed by atoms with Gasteiger partial charge in [0.1, 0.15) is 12.1 Å². The molecule has 0 bridgehead atoms. The topological polar surface area (TPSA) is 82.9 Å². The molecule has 128 valence electrons. The number of rotatable bonds is 3. The van der Waals surface area contributed by atoms with E-state index in [1.54, 1.807) is 22.9 Å². The van der Waals surface area contributed by atoms with Crippen molar-refractivity contribution in [3.8, 4) is 0 Å². The summed E-state index contributed by atoms with van der Waals surface area (Å²) in [6.07, 6.45) is 3.11. The molecule has 0 radical (unpaired) electrons. The van der Waals surface area contributed by atoms with Crippen molar-refractivity contribution in [1.29, 1.82) is 0 Å². The first-order valence-electron chi connectivity index (χ1n) is 7.42. The van der Waals surface area contributed by atoms with Crippen LogP contribution < -0.4 is 0 Å². The molecule has 0 spiro atoms. The number of benzene rings is 1. The predicted octanol–water partition coefficient (Wildman–Crippen LogP) is 1.32. The highest BCUT2D eigenvalue weighted by Gasteiger charge is 2.35. The lowest BCUT2D eigenvalue weighted by Gasteiger charge is -2.31. The van der Waals surface area contributed by atoms with E-state index >= 15 is 0 Å². The lowest BCUT2D eigenvalue weighted by Crippen LogP contribution is -2.52. The number of carbonyl (C=O) groups is 3. The number of aliphatic carboxylic acids is 1. The van der Waals surface area contributed by atoms with Crippen molar-refractivity contribution in [2.24, 2.45) is 0 Å². The molecule has 2 heterocycles. The molecule has 2 aromatic rings. The highest BCUT2D eigenvalue weighted by atomic mass is 32.1. The first kappa shape index (κ1) is 16.8. The van der Waals surface area contributed by atoms with E-state index in [1.807, 2.05) is 12.1 Å². The van der Waals surface area contributed by atoms with Crippen LogP contribution in [0.5, 0.6) is 0 Å². The maximum Gasteiger partial charge on any atom is 0.323 e. The molecular weight excluding hydrogens is 342 g/mol. The van der Waals surface area contributed by atoms with Gasteiger partial charge in [-0.05, 0) is 24.4 Å². The number of hydrogen-bond acceptors (Lipinski definition) is 4. The molecule has 8 heteroatoms. The highest BCUT2D eigenvalue weighted by Crippen LogP contribution is 2.25. The quantitative estimate of drug-likeness (QED) is 0.509. The van der Waals surface area contributed by atoms with Crippen LogP contribution in [0.15, 0.2) is 36.0 Å². The smallest absolute Gasteiger partial charge is 0.323 e. The molecule has 0 atom stereocenters. The Labute approximate surface area is 148 Å². The number of thiocarbonyl (C=S) groups is 1. The van der Waals surface area contributed by atoms with Gasteiger partial charge in [-0.2, -0.15) is 0 Å². The van der Waals surface area contributed by atoms with Crippen LogP contribution >= 0.6 is 12.2 Å². The normalized spacial score (nSPS) is 15.3. The van der Waals surface area contributed by atoms with Gasteiger partial charge in [0.15, 0.2) is 5.11 Å². The van der Waals surface area contributed by atoms with Crippen LogP contribution in [0.4, 0.5) is 0 Å². The van der Waals surface area contributed by atoms with Crippen molar-refractivity contribution in [3.05, 3.63) is 41.6 Å². The zero-order valence-corrected chi connectivity index (χ0v) is 14.4. The van der Waals surface area contributed by atoms with Crippen molar-refractivity contribution in [2.45, 2.75) is 6.54 Å². The first-order chi connectivity index (χ1) is 11.8. The van der Waals surface area contributed by atoms with Gasteiger partial charge in [0.05, 0.1) is 0 Å². The Morgan fingerprint density at radius 1 is 1.16 bits per heavy atom. The summed E-state index contributed by atoms with van der Waals surface area (Å²) in [5.74, 6) is -1.94. The van der Waals surface area contributed by atoms with E-state index in [0.29, 0.717) is 11.1 Å². The molecule has 25 heavy (non-hydrogen) atoms. The fourth-order valence-corrected chi connectivity index (χ4v) is 2.96. The number of aromatic nitrogens is 1. The lowest BCUT2D eigenvalue weighted by atomic mass is 10.1. The Morgan fingerprint density at radius 3 is 2.36 bits per heavy atom. The van der Waals surface area contributed by atoms with E-state index in [-0.39, 0.29) is 17.2 Å². The molecule has 0 aliphatic carbocycles. The molecule has 0 saturated carbocycles. The lowest BCUT2D eigenvalue weighted by molar-refractivity contribution is -0.137. The van der Waals surface area contributed by atoms with E-state index in [4.69, 9.17) is 17.3 Å². The molecule has 1 saturated heterocycles. The number of likely N-dealkylation sites (N-methyl/N-ethyl adjacent to an activating group) is 2. The first-order valence-corrected chi connectivity index (χ1v) is 7.83. The minimum Gasteiger partial charge on any atom is -0.480 e. The van der Waals surface area contributed by atoms with Gasteiger partial charge in [-0.25, -0.2) is 0 Å². The number of nitrogens with zero attached hydrogens (tertiary/aromatic N) is 3. The summed E-state index contributed by atoms with van der Waals surface area (Å²) in [6.45, 7) is -0.213. The summed E-state index contributed by atoms with van der Waals surface area (Å²) < 4.78 is 1.57. The second-order valence-electron chi connectivity index (χ2n) is 5.69. The molecular formula is C17H15N3O4S. The number of carboxylic acid groups (broad SMARTS) is 1. The summed E-state index contributed by atoms with van der Waals surface area (Å²) in [6, 6.07) is 7.22. The third-order valence-electron chi connectivity index (χ3n) is 4.07. The summed E-state index contributed by atoms with van der Waals surface area (Å²) >= 11 is 5.06. The van der Waals surface area contributed by atoms with Crippen LogP contribution in [0.1, 0.15) is 5.56 Å². The van der Waals surface area contributed by atoms with E-state index in [0.717, 1.165) is 5.39 Å². The van der Waals surface area contributed by atoms with Gasteiger partial charge >= 0.3 is 5.97 Å². The van der Waals surface area contributed by atoms with Crippen molar-refractivity contribution < 1.29 is 19.5 Å². The maximum absolute atomic E-state index is 12.4. The zero-order valence-electron chi connectivity index (χ0n) is 13.6. The average molecular weight is 357 g/mol. The highest BCUT2D eigenvalue weighted by molar-refractivity contribution is 7.80. The molecule has 3 rings (SSSR count). The van der Waals surface area contributed by atoms with Gasteiger partial charge in [-0.3, -0.25) is 24.2 Å². The number of para-hydroxylation sites is 1. The second-order valence-corrected chi connectivity index (χ2v) is 6.06. The van der Waals surface area contributed by atoms with Gasteiger partial charge in [0.2, 0.25) is 0 Å². The fraction of sp³-hybridized carbons (Fsp3) is 0.176. The third-order valence-corrected chi connectivity index (χ3v) is 4.62. The predicted molar refractivity (Wildman–Crippen MR) is 95.7 cm³/mol. The minimum atomic E-state index is -0.977. The van der Waals surface area contributed by atoms with E-state index in [9.17, 15) is 14.4 Å². The van der Waals surface area contributed by atoms with E-state index in [1.165, 1.54) is 30.0 Å². The summed E-state index contributed by atoms with van der Waals surface area (Å²) in [7, 11) is 3.02. The summed E-state index contributed by atoms with van der Waals surface area (Å²) in [5.41, 5.74) is 1.30. The van der Waals surface area contributed by atoms with Gasteiger partial charge in [0, 0.05) is 36.8 Å². The van der Waals surface area contributed by atoms with E-state index < -0.39 is 17.8 Å². The van der Waals surface area contributed by atoms with Gasteiger partial charge in [-0.1, -0.05) is 18.2 Å². The number of hydrogen-bond donors (Lipinski definition) is 1. The monoisotopic (exact) mass is 357 g/mol. The van der Waals surface area contributed by atoms with Crippen LogP contribution in [-0.2, 0) is 20.9 Å². The SMILES string of the molecule is CN1C(=O)C(=Cc2cn(CC(=O)O)c3ccccc23)C(=O)N(C)C1=S. The Balaban J connectivity index is 2.15. The van der Waals surface area contributed by atoms with Crippen LogP contribution in [0.2, 0.25) is 0 Å². The maximum atomic E-state index is 12.4. The summed E-state index contributed by atoms with van der Waals surface area (Å²) in [4.78, 5) is 38.4. The van der Waals surface area contributed by atoms with Crippen LogP contribution in [0.25, 0.3) is 17.0 Å². The van der Waals surface area contributed by atoms with Gasteiger partial charge in [0.25, 0.3) is 11.8 Å². The van der Waals surface area contributed by atoms with Crippen LogP contribution in [-0.4, -0.2) is 56.5 Å². The number of fused-ring (bicyclic) bond motifs is 1. The van der Waals surface area contributed by atoms with Crippen molar-refractivity contribution in [3.63, 3.8) is 0 Å². The molecule has 1 aromatic heterocycles. The standard InChI is InChI=1S/C17H15N3O4S/c1-18-15(23)12(16(24)19(2)17(18)25)7-10-8-20(9-14(21)22)13-6-4-3-5-11(10)13/h3-8H,9H2,1-2H3,(H,21,22). The average Bonchev–Trinajstić information content (AvgIpc) is 2.92. The Bertz CT molecular complexity index is 934. The van der Waals surface area contributed by atoms with Crippen LogP contribution in [0, 0.1) is 0 Å².